The van der Waals surface area contributed by atoms with Crippen LogP contribution < -0.4 is 5.32 Å². The number of aryl methyl sites for hydroxylation is 1. The van der Waals surface area contributed by atoms with Crippen molar-refractivity contribution in [2.75, 3.05) is 5.32 Å². The molecule has 0 aliphatic heterocycles. The Balaban J connectivity index is 1.98. The van der Waals surface area contributed by atoms with Crippen molar-refractivity contribution in [3.05, 3.63) is 77.5 Å². The van der Waals surface area contributed by atoms with Crippen LogP contribution in [0.4, 0.5) is 5.69 Å². The molecule has 0 saturated carbocycles. The highest BCUT2D eigenvalue weighted by atomic mass is 16.1. The van der Waals surface area contributed by atoms with Crippen LogP contribution in [0.1, 0.15) is 49.9 Å². The van der Waals surface area contributed by atoms with E-state index in [0.717, 1.165) is 60.0 Å². The van der Waals surface area contributed by atoms with Crippen LogP contribution in [0.2, 0.25) is 0 Å². The Morgan fingerprint density at radius 3 is 2.46 bits per heavy atom. The van der Waals surface area contributed by atoms with Gasteiger partial charge in [-0.05, 0) is 42.5 Å². The molecule has 144 valence electrons. The zero-order valence-corrected chi connectivity index (χ0v) is 16.7. The Morgan fingerprint density at radius 2 is 1.71 bits per heavy atom. The number of hydrogen-bond acceptors (Lipinski definition) is 2. The minimum atomic E-state index is -0.112. The number of nitrogens with one attached hydrogen (secondary N) is 1. The van der Waals surface area contributed by atoms with Crippen LogP contribution in [-0.2, 0) is 17.6 Å². The molecule has 0 spiro atoms. The zero-order chi connectivity index (χ0) is 19.8. The molecule has 0 aliphatic rings. The minimum absolute atomic E-state index is 0.112. The van der Waals surface area contributed by atoms with Gasteiger partial charge in [0.25, 0.3) is 0 Å². The third kappa shape index (κ3) is 4.86. The van der Waals surface area contributed by atoms with Crippen molar-refractivity contribution in [1.82, 2.24) is 4.98 Å². The van der Waals surface area contributed by atoms with Crippen molar-refractivity contribution in [3.63, 3.8) is 0 Å². The van der Waals surface area contributed by atoms with Crippen molar-refractivity contribution >= 4 is 28.6 Å². The SMILES string of the molecule is CCCCc1nc2ccccc2c(NC(=O)/C=C\c2ccccc2)c1CCC. The molecule has 1 N–H and O–H groups in total. The molecule has 28 heavy (non-hydrogen) atoms. The van der Waals surface area contributed by atoms with E-state index in [-0.39, 0.29) is 5.91 Å². The normalized spacial score (nSPS) is 11.2. The monoisotopic (exact) mass is 372 g/mol. The second-order valence-electron chi connectivity index (χ2n) is 7.02. The summed E-state index contributed by atoms with van der Waals surface area (Å²) in [5.74, 6) is -0.112. The van der Waals surface area contributed by atoms with E-state index in [2.05, 4.69) is 19.2 Å². The van der Waals surface area contributed by atoms with Gasteiger partial charge in [-0.2, -0.15) is 0 Å². The minimum Gasteiger partial charge on any atom is -0.322 e. The van der Waals surface area contributed by atoms with E-state index in [0.29, 0.717) is 0 Å². The number of para-hydroxylation sites is 1. The van der Waals surface area contributed by atoms with Crippen LogP contribution in [0.15, 0.2) is 60.7 Å². The summed E-state index contributed by atoms with van der Waals surface area (Å²) >= 11 is 0. The van der Waals surface area contributed by atoms with Gasteiger partial charge < -0.3 is 5.32 Å². The summed E-state index contributed by atoms with van der Waals surface area (Å²) in [5.41, 5.74) is 5.16. The second kappa shape index (κ2) is 9.84. The average molecular weight is 373 g/mol. The Morgan fingerprint density at radius 1 is 0.964 bits per heavy atom. The second-order valence-corrected chi connectivity index (χ2v) is 7.02. The topological polar surface area (TPSA) is 42.0 Å². The van der Waals surface area contributed by atoms with Gasteiger partial charge in [0.15, 0.2) is 0 Å². The highest BCUT2D eigenvalue weighted by Crippen LogP contribution is 2.30. The first kappa shape index (κ1) is 19.8. The Bertz CT molecular complexity index is 961. The molecule has 0 bridgehead atoms. The van der Waals surface area contributed by atoms with E-state index in [1.54, 1.807) is 6.08 Å². The van der Waals surface area contributed by atoms with Gasteiger partial charge in [-0.3, -0.25) is 9.78 Å². The van der Waals surface area contributed by atoms with E-state index in [1.807, 2.05) is 60.7 Å². The highest BCUT2D eigenvalue weighted by Gasteiger charge is 2.15. The molecule has 0 radical (unpaired) electrons. The summed E-state index contributed by atoms with van der Waals surface area (Å²) in [5, 5.41) is 4.17. The quantitative estimate of drug-likeness (QED) is 0.480. The zero-order valence-electron chi connectivity index (χ0n) is 16.7. The van der Waals surface area contributed by atoms with Crippen molar-refractivity contribution < 1.29 is 4.79 Å². The number of hydrogen-bond donors (Lipinski definition) is 1. The number of amides is 1. The van der Waals surface area contributed by atoms with Crippen molar-refractivity contribution in [2.45, 2.75) is 46.0 Å². The molecular formula is C25H28N2O. The highest BCUT2D eigenvalue weighted by molar-refractivity contribution is 6.08. The van der Waals surface area contributed by atoms with Crippen molar-refractivity contribution in [3.8, 4) is 0 Å². The number of pyridine rings is 1. The van der Waals surface area contributed by atoms with E-state index < -0.39 is 0 Å². The van der Waals surface area contributed by atoms with E-state index in [1.165, 1.54) is 5.56 Å². The molecule has 0 atom stereocenters. The number of fused-ring (bicyclic) bond motifs is 1. The third-order valence-electron chi connectivity index (χ3n) is 4.82. The summed E-state index contributed by atoms with van der Waals surface area (Å²) in [6.45, 7) is 4.36. The van der Waals surface area contributed by atoms with Crippen molar-refractivity contribution in [2.24, 2.45) is 0 Å². The predicted octanol–water partition coefficient (Wildman–Crippen LogP) is 6.18. The molecular weight excluding hydrogens is 344 g/mol. The van der Waals surface area contributed by atoms with Gasteiger partial charge >= 0.3 is 0 Å². The predicted molar refractivity (Wildman–Crippen MR) is 118 cm³/mol. The van der Waals surface area contributed by atoms with E-state index >= 15 is 0 Å². The molecule has 1 heterocycles. The lowest BCUT2D eigenvalue weighted by atomic mass is 9.98. The summed E-state index contributed by atoms with van der Waals surface area (Å²) in [7, 11) is 0. The van der Waals surface area contributed by atoms with Crippen molar-refractivity contribution in [1.29, 1.82) is 0 Å². The number of carbonyl (C=O) groups is 1. The fourth-order valence-electron chi connectivity index (χ4n) is 3.42. The Kier molecular flexibility index (Phi) is 6.96. The van der Waals surface area contributed by atoms with Crippen LogP contribution in [0.3, 0.4) is 0 Å². The molecule has 3 nitrogen and oxygen atoms in total. The maximum absolute atomic E-state index is 12.7. The third-order valence-corrected chi connectivity index (χ3v) is 4.82. The average Bonchev–Trinajstić information content (AvgIpc) is 2.73. The molecule has 1 aromatic heterocycles. The maximum Gasteiger partial charge on any atom is 0.248 e. The van der Waals surface area contributed by atoms with Gasteiger partial charge in [0.1, 0.15) is 0 Å². The van der Waals surface area contributed by atoms with Gasteiger partial charge in [0.05, 0.1) is 11.2 Å². The largest absolute Gasteiger partial charge is 0.322 e. The first-order valence-electron chi connectivity index (χ1n) is 10.2. The number of carbonyl (C=O) groups excluding carboxylic acids is 1. The maximum atomic E-state index is 12.7. The number of rotatable bonds is 8. The lowest BCUT2D eigenvalue weighted by Gasteiger charge is -2.17. The Hall–Kier alpha value is -2.94. The number of benzene rings is 2. The van der Waals surface area contributed by atoms with Gasteiger partial charge in [-0.15, -0.1) is 0 Å². The summed E-state index contributed by atoms with van der Waals surface area (Å²) < 4.78 is 0. The molecule has 2 aromatic carbocycles. The van der Waals surface area contributed by atoms with Crippen LogP contribution in [0.5, 0.6) is 0 Å². The van der Waals surface area contributed by atoms with Gasteiger partial charge in [0, 0.05) is 17.2 Å². The molecule has 3 rings (SSSR count). The van der Waals surface area contributed by atoms with Gasteiger partial charge in [-0.25, -0.2) is 0 Å². The summed E-state index contributed by atoms with van der Waals surface area (Å²) in [4.78, 5) is 17.6. The smallest absolute Gasteiger partial charge is 0.248 e. The van der Waals surface area contributed by atoms with E-state index in [9.17, 15) is 4.79 Å². The van der Waals surface area contributed by atoms with Crippen LogP contribution in [0.25, 0.3) is 17.0 Å². The summed E-state index contributed by atoms with van der Waals surface area (Å²) in [6.07, 6.45) is 8.54. The molecule has 0 fully saturated rings. The van der Waals surface area contributed by atoms with Gasteiger partial charge in [-0.1, -0.05) is 75.2 Å². The van der Waals surface area contributed by atoms with Crippen LogP contribution in [0, 0.1) is 0 Å². The molecule has 3 aromatic rings. The van der Waals surface area contributed by atoms with Crippen LogP contribution >= 0.6 is 0 Å². The number of anilines is 1. The fourth-order valence-corrected chi connectivity index (χ4v) is 3.42. The molecule has 1 amide bonds. The fraction of sp³-hybridized carbons (Fsp3) is 0.280. The number of aromatic nitrogens is 1. The first-order chi connectivity index (χ1) is 13.7. The lowest BCUT2D eigenvalue weighted by Crippen LogP contribution is -2.13. The molecule has 0 saturated heterocycles. The molecule has 0 unspecified atom stereocenters. The standard InChI is InChI=1S/C25H28N2O/c1-3-5-15-22-20(11-4-2)25(21-14-9-10-16-23(21)26-22)27-24(28)18-17-19-12-7-6-8-13-19/h6-10,12-14,16-18H,3-5,11,15H2,1-2H3,(H,26,27,28)/b18-17-. The Labute approximate surface area is 167 Å². The van der Waals surface area contributed by atoms with Crippen LogP contribution in [-0.4, -0.2) is 10.9 Å². The lowest BCUT2D eigenvalue weighted by molar-refractivity contribution is -0.111. The first-order valence-corrected chi connectivity index (χ1v) is 10.2. The molecule has 0 aliphatic carbocycles. The van der Waals surface area contributed by atoms with Gasteiger partial charge in [0.2, 0.25) is 5.91 Å². The number of nitrogens with zero attached hydrogens (tertiary/aromatic N) is 1. The van der Waals surface area contributed by atoms with E-state index in [4.69, 9.17) is 4.98 Å². The number of unbranched alkanes of at least 4 members (excludes halogenated alkanes) is 1. The molecule has 3 heteroatoms. The summed E-state index contributed by atoms with van der Waals surface area (Å²) in [6, 6.07) is 17.9.